The van der Waals surface area contributed by atoms with E-state index in [4.69, 9.17) is 0 Å². The van der Waals surface area contributed by atoms with Gasteiger partial charge < -0.3 is 4.57 Å². The van der Waals surface area contributed by atoms with Crippen LogP contribution in [0.2, 0.25) is 0 Å². The number of sulfonamides is 1. The summed E-state index contributed by atoms with van der Waals surface area (Å²) in [6, 6.07) is 5.84. The maximum Gasteiger partial charge on any atom is 0.240 e. The molecule has 2 rings (SSSR count). The largest absolute Gasteiger partial charge is 0.321 e. The molecule has 112 valence electrons. The second-order valence-electron chi connectivity index (χ2n) is 4.59. The molecule has 0 aliphatic carbocycles. The van der Waals surface area contributed by atoms with E-state index in [1.54, 1.807) is 17.9 Å². The lowest BCUT2D eigenvalue weighted by Gasteiger charge is -2.07. The van der Waals surface area contributed by atoms with Gasteiger partial charge in [-0.2, -0.15) is 0 Å². The molecule has 0 atom stereocenters. The molecule has 2 aromatic rings. The van der Waals surface area contributed by atoms with Crippen molar-refractivity contribution in [1.82, 2.24) is 19.5 Å². The van der Waals surface area contributed by atoms with Gasteiger partial charge in [0.05, 0.1) is 4.90 Å². The van der Waals surface area contributed by atoms with Crippen molar-refractivity contribution < 1.29 is 13.2 Å². The molecule has 0 saturated heterocycles. The zero-order valence-electron chi connectivity index (χ0n) is 11.8. The van der Waals surface area contributed by atoms with Gasteiger partial charge in [0.2, 0.25) is 10.0 Å². The normalized spacial score (nSPS) is 11.5. The molecule has 1 N–H and O–H groups in total. The SMILES string of the molecule is CC(=O)c1ccc(S(=O)(=O)NCCc2nncn2C)cc1. The third-order valence-electron chi connectivity index (χ3n) is 3.02. The number of carbonyl (C=O) groups is 1. The number of benzene rings is 1. The molecule has 1 aromatic carbocycles. The Morgan fingerprint density at radius 2 is 1.95 bits per heavy atom. The lowest BCUT2D eigenvalue weighted by Crippen LogP contribution is -2.26. The Hall–Kier alpha value is -2.06. The Morgan fingerprint density at radius 3 is 2.48 bits per heavy atom. The Labute approximate surface area is 123 Å². The van der Waals surface area contributed by atoms with Gasteiger partial charge in [-0.05, 0) is 19.1 Å². The summed E-state index contributed by atoms with van der Waals surface area (Å²) in [6.45, 7) is 1.66. The number of nitrogens with zero attached hydrogens (tertiary/aromatic N) is 3. The summed E-state index contributed by atoms with van der Waals surface area (Å²) in [5, 5.41) is 7.60. The molecule has 1 heterocycles. The van der Waals surface area contributed by atoms with E-state index >= 15 is 0 Å². The average Bonchev–Trinajstić information content (AvgIpc) is 2.84. The van der Waals surface area contributed by atoms with Gasteiger partial charge in [0.1, 0.15) is 12.2 Å². The molecule has 0 unspecified atom stereocenters. The summed E-state index contributed by atoms with van der Waals surface area (Å²) in [5.74, 6) is 0.596. The van der Waals surface area contributed by atoms with Crippen molar-refractivity contribution in [3.05, 3.63) is 42.0 Å². The first kappa shape index (κ1) is 15.3. The molecule has 8 heteroatoms. The number of nitrogens with one attached hydrogen (secondary N) is 1. The smallest absolute Gasteiger partial charge is 0.240 e. The minimum Gasteiger partial charge on any atom is -0.321 e. The summed E-state index contributed by atoms with van der Waals surface area (Å²) < 4.78 is 28.4. The Balaban J connectivity index is 2.01. The van der Waals surface area contributed by atoms with Crippen LogP contribution in [-0.4, -0.2) is 35.5 Å². The van der Waals surface area contributed by atoms with Crippen molar-refractivity contribution in [3.63, 3.8) is 0 Å². The second kappa shape index (κ2) is 6.15. The monoisotopic (exact) mass is 308 g/mol. The first-order chi connectivity index (χ1) is 9.90. The predicted molar refractivity (Wildman–Crippen MR) is 76.3 cm³/mol. The Bertz CT molecular complexity index is 735. The standard InChI is InChI=1S/C13H16N4O3S/c1-10(18)11-3-5-12(6-4-11)21(19,20)15-8-7-13-16-14-9-17(13)2/h3-6,9,15H,7-8H2,1-2H3. The molecule has 0 fully saturated rings. The summed E-state index contributed by atoms with van der Waals surface area (Å²) in [5.41, 5.74) is 0.480. The maximum atomic E-state index is 12.1. The molecule has 0 amide bonds. The van der Waals surface area contributed by atoms with E-state index in [0.717, 1.165) is 0 Å². The van der Waals surface area contributed by atoms with Crippen molar-refractivity contribution in [1.29, 1.82) is 0 Å². The van der Waals surface area contributed by atoms with Crippen LogP contribution in [0.1, 0.15) is 23.1 Å². The quantitative estimate of drug-likeness (QED) is 0.786. The second-order valence-corrected chi connectivity index (χ2v) is 6.35. The zero-order valence-corrected chi connectivity index (χ0v) is 12.6. The van der Waals surface area contributed by atoms with Gasteiger partial charge in [-0.3, -0.25) is 4.79 Å². The van der Waals surface area contributed by atoms with Crippen LogP contribution in [0.3, 0.4) is 0 Å². The molecule has 0 spiro atoms. The summed E-state index contributed by atoms with van der Waals surface area (Å²) in [6.07, 6.45) is 2.01. The van der Waals surface area contributed by atoms with E-state index in [1.165, 1.54) is 31.2 Å². The Morgan fingerprint density at radius 1 is 1.29 bits per heavy atom. The maximum absolute atomic E-state index is 12.1. The summed E-state index contributed by atoms with van der Waals surface area (Å²) >= 11 is 0. The average molecular weight is 308 g/mol. The molecule has 7 nitrogen and oxygen atoms in total. The van der Waals surface area contributed by atoms with Gasteiger partial charge >= 0.3 is 0 Å². The highest BCUT2D eigenvalue weighted by Crippen LogP contribution is 2.11. The van der Waals surface area contributed by atoms with Crippen molar-refractivity contribution in [2.24, 2.45) is 7.05 Å². The molecule has 1 aromatic heterocycles. The van der Waals surface area contributed by atoms with E-state index in [-0.39, 0.29) is 17.2 Å². The number of hydrogen-bond donors (Lipinski definition) is 1. The third-order valence-corrected chi connectivity index (χ3v) is 4.49. The predicted octanol–water partition coefficient (Wildman–Crippen LogP) is 0.539. The molecular formula is C13H16N4O3S. The molecule has 0 bridgehead atoms. The van der Waals surface area contributed by atoms with Crippen LogP contribution in [0.5, 0.6) is 0 Å². The van der Waals surface area contributed by atoms with Crippen LogP contribution in [0.4, 0.5) is 0 Å². The van der Waals surface area contributed by atoms with Gasteiger partial charge in [-0.15, -0.1) is 10.2 Å². The van der Waals surface area contributed by atoms with E-state index in [9.17, 15) is 13.2 Å². The Kier molecular flexibility index (Phi) is 4.49. The van der Waals surface area contributed by atoms with Crippen LogP contribution in [0.15, 0.2) is 35.5 Å². The topological polar surface area (TPSA) is 93.9 Å². The van der Waals surface area contributed by atoms with Crippen molar-refractivity contribution in [2.75, 3.05) is 6.54 Å². The first-order valence-corrected chi connectivity index (χ1v) is 7.82. The van der Waals surface area contributed by atoms with E-state index in [0.29, 0.717) is 17.8 Å². The number of ketones is 1. The van der Waals surface area contributed by atoms with Crippen LogP contribution in [0.25, 0.3) is 0 Å². The van der Waals surface area contributed by atoms with Crippen molar-refractivity contribution >= 4 is 15.8 Å². The van der Waals surface area contributed by atoms with Crippen LogP contribution in [0, 0.1) is 0 Å². The highest BCUT2D eigenvalue weighted by molar-refractivity contribution is 7.89. The lowest BCUT2D eigenvalue weighted by atomic mass is 10.2. The number of aryl methyl sites for hydroxylation is 1. The molecule has 0 aliphatic rings. The lowest BCUT2D eigenvalue weighted by molar-refractivity contribution is 0.101. The van der Waals surface area contributed by atoms with E-state index < -0.39 is 10.0 Å². The highest BCUT2D eigenvalue weighted by atomic mass is 32.2. The molecular weight excluding hydrogens is 292 g/mol. The van der Waals surface area contributed by atoms with Gasteiger partial charge in [-0.25, -0.2) is 13.1 Å². The first-order valence-electron chi connectivity index (χ1n) is 6.34. The molecule has 0 saturated carbocycles. The number of Topliss-reactive ketones (excluding diaryl/α,β-unsaturated/α-hetero) is 1. The van der Waals surface area contributed by atoms with Gasteiger partial charge in [0, 0.05) is 25.6 Å². The third kappa shape index (κ3) is 3.73. The fourth-order valence-electron chi connectivity index (χ4n) is 1.78. The summed E-state index contributed by atoms with van der Waals surface area (Å²) in [4.78, 5) is 11.3. The van der Waals surface area contributed by atoms with Crippen molar-refractivity contribution in [3.8, 4) is 0 Å². The highest BCUT2D eigenvalue weighted by Gasteiger charge is 2.14. The minimum atomic E-state index is -3.59. The number of rotatable bonds is 6. The fraction of sp³-hybridized carbons (Fsp3) is 0.308. The fourth-order valence-corrected chi connectivity index (χ4v) is 2.81. The van der Waals surface area contributed by atoms with Gasteiger partial charge in [0.25, 0.3) is 0 Å². The summed E-state index contributed by atoms with van der Waals surface area (Å²) in [7, 11) is -1.79. The number of aromatic nitrogens is 3. The van der Waals surface area contributed by atoms with E-state index in [1.807, 2.05) is 0 Å². The zero-order chi connectivity index (χ0) is 15.5. The van der Waals surface area contributed by atoms with Crippen molar-refractivity contribution in [2.45, 2.75) is 18.2 Å². The van der Waals surface area contributed by atoms with Crippen LogP contribution >= 0.6 is 0 Å². The number of carbonyl (C=O) groups excluding carboxylic acids is 1. The number of hydrogen-bond acceptors (Lipinski definition) is 5. The molecule has 21 heavy (non-hydrogen) atoms. The molecule has 0 radical (unpaired) electrons. The minimum absolute atomic E-state index is 0.103. The van der Waals surface area contributed by atoms with Gasteiger partial charge in [-0.1, -0.05) is 12.1 Å². The van der Waals surface area contributed by atoms with Crippen LogP contribution < -0.4 is 4.72 Å². The van der Waals surface area contributed by atoms with Crippen LogP contribution in [-0.2, 0) is 23.5 Å². The van der Waals surface area contributed by atoms with Gasteiger partial charge in [0.15, 0.2) is 5.78 Å². The van der Waals surface area contributed by atoms with E-state index in [2.05, 4.69) is 14.9 Å². The molecule has 0 aliphatic heterocycles.